The molecule has 2 heterocycles. The van der Waals surface area contributed by atoms with Gasteiger partial charge in [0.05, 0.1) is 19.3 Å². The van der Waals surface area contributed by atoms with E-state index in [1.807, 2.05) is 25.1 Å². The maximum absolute atomic E-state index is 11.1. The molecule has 1 aromatic heterocycles. The van der Waals surface area contributed by atoms with E-state index in [2.05, 4.69) is 29.0 Å². The second-order valence-corrected chi connectivity index (χ2v) is 7.95. The summed E-state index contributed by atoms with van der Waals surface area (Å²) in [7, 11) is 0. The number of hydrogen-bond donors (Lipinski definition) is 1. The van der Waals surface area contributed by atoms with Crippen LogP contribution in [0.1, 0.15) is 40.5 Å². The molecule has 0 saturated carbocycles. The number of hydrogen-bond acceptors (Lipinski definition) is 6. The quantitative estimate of drug-likeness (QED) is 0.746. The summed E-state index contributed by atoms with van der Waals surface area (Å²) in [5.41, 5.74) is 1.59. The van der Waals surface area contributed by atoms with Crippen molar-refractivity contribution in [1.82, 2.24) is 10.3 Å². The van der Waals surface area contributed by atoms with E-state index in [0.29, 0.717) is 25.1 Å². The first-order chi connectivity index (χ1) is 13.4. The Morgan fingerprint density at radius 2 is 2.04 bits per heavy atom. The molecular formula is C21H31N3O4. The normalized spacial score (nSPS) is 16.5. The van der Waals surface area contributed by atoms with Crippen LogP contribution in [0.3, 0.4) is 0 Å². The Kier molecular flexibility index (Phi) is 6.78. The molecule has 1 aliphatic rings. The molecule has 7 nitrogen and oxygen atoms in total. The molecule has 1 aliphatic heterocycles. The molecule has 3 rings (SSSR count). The third-order valence-corrected chi connectivity index (χ3v) is 4.68. The zero-order chi connectivity index (χ0) is 20.1. The topological polar surface area (TPSA) is 76.8 Å². The van der Waals surface area contributed by atoms with Crippen molar-refractivity contribution >= 4 is 23.0 Å². The van der Waals surface area contributed by atoms with Gasteiger partial charge in [0.2, 0.25) is 5.91 Å². The van der Waals surface area contributed by atoms with Crippen LogP contribution in [0.4, 0.5) is 6.01 Å². The van der Waals surface area contributed by atoms with Crippen LogP contribution in [-0.2, 0) is 9.53 Å². The lowest BCUT2D eigenvalue weighted by Gasteiger charge is -2.31. The van der Waals surface area contributed by atoms with Crippen LogP contribution < -0.4 is 15.0 Å². The minimum atomic E-state index is -0.0281. The number of fused-ring (bicyclic) bond motifs is 1. The van der Waals surface area contributed by atoms with Gasteiger partial charge in [-0.2, -0.15) is 4.98 Å². The monoisotopic (exact) mass is 389 g/mol. The molecule has 1 N–H and O–H groups in total. The molecule has 7 heteroatoms. The van der Waals surface area contributed by atoms with Gasteiger partial charge in [0.15, 0.2) is 5.58 Å². The molecule has 1 aromatic carbocycles. The molecule has 2 aromatic rings. The number of rotatable bonds is 8. The van der Waals surface area contributed by atoms with Crippen molar-refractivity contribution in [2.75, 3.05) is 31.2 Å². The molecule has 1 fully saturated rings. The standard InChI is InChI=1S/C21H31N3O4/c1-14(2)12-26-18-5-6-19-20(11-18)28-21(23-19)24-9-7-17(8-10-24)27-13-15(3)22-16(4)25/h5-6,11,14-15,17H,7-10,12-13H2,1-4H3,(H,22,25)/t15-/m0/s1. The van der Waals surface area contributed by atoms with Gasteiger partial charge in [-0.05, 0) is 37.8 Å². The highest BCUT2D eigenvalue weighted by Crippen LogP contribution is 2.28. The van der Waals surface area contributed by atoms with Gasteiger partial charge in [-0.25, -0.2) is 0 Å². The van der Waals surface area contributed by atoms with Gasteiger partial charge >= 0.3 is 0 Å². The number of anilines is 1. The number of nitrogens with one attached hydrogen (secondary N) is 1. The van der Waals surface area contributed by atoms with Crippen molar-refractivity contribution in [3.8, 4) is 5.75 Å². The predicted molar refractivity (Wildman–Crippen MR) is 109 cm³/mol. The minimum Gasteiger partial charge on any atom is -0.493 e. The smallest absolute Gasteiger partial charge is 0.298 e. The fourth-order valence-corrected chi connectivity index (χ4v) is 3.26. The third-order valence-electron chi connectivity index (χ3n) is 4.68. The van der Waals surface area contributed by atoms with Crippen LogP contribution in [0.2, 0.25) is 0 Å². The van der Waals surface area contributed by atoms with Crippen LogP contribution in [0.5, 0.6) is 5.75 Å². The molecular weight excluding hydrogens is 358 g/mol. The van der Waals surface area contributed by atoms with Crippen molar-refractivity contribution in [3.63, 3.8) is 0 Å². The summed E-state index contributed by atoms with van der Waals surface area (Å²) in [5.74, 6) is 1.26. The van der Waals surface area contributed by atoms with Crippen molar-refractivity contribution in [1.29, 1.82) is 0 Å². The van der Waals surface area contributed by atoms with Crippen LogP contribution in [0, 0.1) is 5.92 Å². The van der Waals surface area contributed by atoms with Crippen molar-refractivity contribution in [3.05, 3.63) is 18.2 Å². The molecule has 1 amide bonds. The zero-order valence-corrected chi connectivity index (χ0v) is 17.2. The number of carbonyl (C=O) groups excluding carboxylic acids is 1. The fourth-order valence-electron chi connectivity index (χ4n) is 3.26. The maximum Gasteiger partial charge on any atom is 0.298 e. The van der Waals surface area contributed by atoms with E-state index in [1.54, 1.807) is 0 Å². The molecule has 28 heavy (non-hydrogen) atoms. The van der Waals surface area contributed by atoms with Crippen molar-refractivity contribution < 1.29 is 18.7 Å². The highest BCUT2D eigenvalue weighted by molar-refractivity contribution is 5.76. The van der Waals surface area contributed by atoms with E-state index < -0.39 is 0 Å². The van der Waals surface area contributed by atoms with Gasteiger partial charge < -0.3 is 24.1 Å². The average molecular weight is 389 g/mol. The molecule has 1 atom stereocenters. The first kappa shape index (κ1) is 20.5. The van der Waals surface area contributed by atoms with Crippen LogP contribution in [-0.4, -0.2) is 49.3 Å². The number of ether oxygens (including phenoxy) is 2. The Morgan fingerprint density at radius 3 is 2.71 bits per heavy atom. The largest absolute Gasteiger partial charge is 0.493 e. The highest BCUT2D eigenvalue weighted by Gasteiger charge is 2.23. The van der Waals surface area contributed by atoms with Gasteiger partial charge in [0.1, 0.15) is 11.3 Å². The summed E-state index contributed by atoms with van der Waals surface area (Å²) in [6.07, 6.45) is 2.02. The number of benzene rings is 1. The van der Waals surface area contributed by atoms with Crippen LogP contribution in [0.15, 0.2) is 22.6 Å². The van der Waals surface area contributed by atoms with Crippen LogP contribution in [0.25, 0.3) is 11.1 Å². The van der Waals surface area contributed by atoms with Crippen LogP contribution >= 0.6 is 0 Å². The van der Waals surface area contributed by atoms with Gasteiger partial charge in [-0.15, -0.1) is 0 Å². The Balaban J connectivity index is 1.52. The molecule has 154 valence electrons. The lowest BCUT2D eigenvalue weighted by Crippen LogP contribution is -2.40. The number of piperidine rings is 1. The van der Waals surface area contributed by atoms with Crippen molar-refractivity contribution in [2.45, 2.75) is 52.7 Å². The second-order valence-electron chi connectivity index (χ2n) is 7.95. The molecule has 0 spiro atoms. The molecule has 0 aliphatic carbocycles. The van der Waals surface area contributed by atoms with E-state index >= 15 is 0 Å². The summed E-state index contributed by atoms with van der Waals surface area (Å²) in [4.78, 5) is 17.8. The summed E-state index contributed by atoms with van der Waals surface area (Å²) in [6.45, 7) is 10.6. The lowest BCUT2D eigenvalue weighted by atomic mass is 10.1. The number of amides is 1. The lowest BCUT2D eigenvalue weighted by molar-refractivity contribution is -0.120. The number of nitrogens with zero attached hydrogens (tertiary/aromatic N) is 2. The Bertz CT molecular complexity index is 781. The predicted octanol–water partition coefficient (Wildman–Crippen LogP) is 3.37. The number of aromatic nitrogens is 1. The SMILES string of the molecule is CC(=O)N[C@@H](C)COC1CCN(c2nc3ccc(OCC(C)C)cc3o2)CC1. The van der Waals surface area contributed by atoms with E-state index in [9.17, 15) is 4.79 Å². The number of carbonyl (C=O) groups is 1. The van der Waals surface area contributed by atoms with E-state index in [1.165, 1.54) is 6.92 Å². The zero-order valence-electron chi connectivity index (χ0n) is 17.2. The highest BCUT2D eigenvalue weighted by atomic mass is 16.5. The van der Waals surface area contributed by atoms with Crippen molar-refractivity contribution in [2.24, 2.45) is 5.92 Å². The molecule has 0 unspecified atom stereocenters. The molecule has 0 radical (unpaired) electrons. The first-order valence-corrected chi connectivity index (χ1v) is 10.1. The molecule has 1 saturated heterocycles. The van der Waals surface area contributed by atoms with Gasteiger partial charge in [0.25, 0.3) is 6.01 Å². The van der Waals surface area contributed by atoms with Gasteiger partial charge in [0, 0.05) is 32.1 Å². The maximum atomic E-state index is 11.1. The molecule has 0 bridgehead atoms. The summed E-state index contributed by atoms with van der Waals surface area (Å²) >= 11 is 0. The summed E-state index contributed by atoms with van der Waals surface area (Å²) < 4.78 is 17.7. The Hall–Kier alpha value is -2.28. The third kappa shape index (κ3) is 5.61. The second kappa shape index (κ2) is 9.28. The van der Waals surface area contributed by atoms with E-state index in [-0.39, 0.29) is 18.1 Å². The van der Waals surface area contributed by atoms with E-state index in [0.717, 1.165) is 42.8 Å². The fraction of sp³-hybridized carbons (Fsp3) is 0.619. The summed E-state index contributed by atoms with van der Waals surface area (Å²) in [5, 5.41) is 2.84. The number of oxazole rings is 1. The minimum absolute atomic E-state index is 0.0275. The Morgan fingerprint density at radius 1 is 1.29 bits per heavy atom. The van der Waals surface area contributed by atoms with Gasteiger partial charge in [-0.3, -0.25) is 4.79 Å². The Labute approximate surface area is 166 Å². The van der Waals surface area contributed by atoms with Gasteiger partial charge in [-0.1, -0.05) is 13.8 Å². The van der Waals surface area contributed by atoms with E-state index in [4.69, 9.17) is 13.9 Å². The summed E-state index contributed by atoms with van der Waals surface area (Å²) in [6, 6.07) is 6.47. The average Bonchev–Trinajstić information content (AvgIpc) is 3.08. The first-order valence-electron chi connectivity index (χ1n) is 10.1.